The van der Waals surface area contributed by atoms with Crippen LogP contribution in [0.2, 0.25) is 0 Å². The number of amides is 1. The van der Waals surface area contributed by atoms with Gasteiger partial charge in [-0.25, -0.2) is 9.78 Å². The van der Waals surface area contributed by atoms with Gasteiger partial charge in [0.15, 0.2) is 0 Å². The Morgan fingerprint density at radius 3 is 2.79 bits per heavy atom. The van der Waals surface area contributed by atoms with Crippen molar-refractivity contribution in [2.24, 2.45) is 0 Å². The first kappa shape index (κ1) is 19.8. The third-order valence-corrected chi connectivity index (χ3v) is 7.39. The number of pyridine rings is 1. The first-order chi connectivity index (χ1) is 14.0. The lowest BCUT2D eigenvalue weighted by molar-refractivity contribution is 0.0527. The van der Waals surface area contributed by atoms with E-state index in [-0.39, 0.29) is 11.9 Å². The molecule has 3 aromatic rings. The van der Waals surface area contributed by atoms with Crippen LogP contribution in [0.25, 0.3) is 10.2 Å². The number of ether oxygens (including phenoxy) is 1. The molecule has 1 aliphatic rings. The average Bonchev–Trinajstić information content (AvgIpc) is 3.09. The summed E-state index contributed by atoms with van der Waals surface area (Å²) >= 11 is 2.75. The molecule has 0 saturated heterocycles. The maximum atomic E-state index is 13.0. The molecule has 3 heterocycles. The number of esters is 1. The number of anilines is 2. The van der Waals surface area contributed by atoms with Gasteiger partial charge in [0.2, 0.25) is 0 Å². The highest BCUT2D eigenvalue weighted by Crippen LogP contribution is 2.39. The molecule has 0 bridgehead atoms. The number of rotatable bonds is 4. The number of thiophene rings is 2. The van der Waals surface area contributed by atoms with Gasteiger partial charge in [0.1, 0.15) is 14.7 Å². The minimum Gasteiger partial charge on any atom is -0.462 e. The van der Waals surface area contributed by atoms with Crippen LogP contribution >= 0.6 is 22.7 Å². The maximum absolute atomic E-state index is 13.0. The number of nitrogens with one attached hydrogen (secondary N) is 1. The van der Waals surface area contributed by atoms with Crippen molar-refractivity contribution in [1.82, 2.24) is 4.98 Å². The van der Waals surface area contributed by atoms with Crippen molar-refractivity contribution in [2.75, 3.05) is 17.7 Å². The van der Waals surface area contributed by atoms with Gasteiger partial charge in [-0.15, -0.1) is 22.7 Å². The summed E-state index contributed by atoms with van der Waals surface area (Å²) in [6.07, 6.45) is 5.05. The van der Waals surface area contributed by atoms with Crippen molar-refractivity contribution in [2.45, 2.75) is 46.0 Å². The van der Waals surface area contributed by atoms with Gasteiger partial charge < -0.3 is 15.8 Å². The molecule has 29 heavy (non-hydrogen) atoms. The van der Waals surface area contributed by atoms with E-state index in [0.717, 1.165) is 53.6 Å². The molecule has 8 heteroatoms. The lowest BCUT2D eigenvalue weighted by Gasteiger charge is -2.08. The van der Waals surface area contributed by atoms with E-state index in [2.05, 4.69) is 10.3 Å². The normalized spacial score (nSPS) is 13.7. The SMILES string of the molecule is CCOC(=O)c1c(NC(=O)c2sc3nc(C)ccc3c2N)sc2c1CCCCC2. The van der Waals surface area contributed by atoms with Gasteiger partial charge in [0.05, 0.1) is 17.9 Å². The quantitative estimate of drug-likeness (QED) is 0.452. The van der Waals surface area contributed by atoms with Crippen LogP contribution in [0.3, 0.4) is 0 Å². The van der Waals surface area contributed by atoms with Crippen molar-refractivity contribution >= 4 is 55.5 Å². The molecule has 152 valence electrons. The van der Waals surface area contributed by atoms with Crippen LogP contribution in [0, 0.1) is 6.92 Å². The molecule has 1 aliphatic carbocycles. The van der Waals surface area contributed by atoms with Gasteiger partial charge in [-0.1, -0.05) is 6.42 Å². The Hall–Kier alpha value is -2.45. The van der Waals surface area contributed by atoms with Gasteiger partial charge in [-0.05, 0) is 57.2 Å². The predicted molar refractivity (Wildman–Crippen MR) is 118 cm³/mol. The Morgan fingerprint density at radius 1 is 1.21 bits per heavy atom. The Labute approximate surface area is 177 Å². The molecule has 3 N–H and O–H groups in total. The number of hydrogen-bond donors (Lipinski definition) is 2. The second-order valence-corrected chi connectivity index (χ2v) is 9.20. The molecular weight excluding hydrogens is 406 g/mol. The summed E-state index contributed by atoms with van der Waals surface area (Å²) in [6.45, 7) is 3.98. The maximum Gasteiger partial charge on any atom is 0.341 e. The first-order valence-corrected chi connectivity index (χ1v) is 11.4. The van der Waals surface area contributed by atoms with Crippen molar-refractivity contribution in [3.63, 3.8) is 0 Å². The second kappa shape index (κ2) is 8.12. The number of nitrogen functional groups attached to an aromatic ring is 1. The summed E-state index contributed by atoms with van der Waals surface area (Å²) < 4.78 is 5.29. The Kier molecular flexibility index (Phi) is 5.56. The van der Waals surface area contributed by atoms with Crippen LogP contribution in [0.5, 0.6) is 0 Å². The Bertz CT molecular complexity index is 1100. The van der Waals surface area contributed by atoms with Crippen LogP contribution in [0.1, 0.15) is 62.4 Å². The van der Waals surface area contributed by atoms with Gasteiger partial charge in [0, 0.05) is 16.0 Å². The van der Waals surface area contributed by atoms with E-state index in [0.29, 0.717) is 27.7 Å². The molecule has 0 aromatic carbocycles. The summed E-state index contributed by atoms with van der Waals surface area (Å²) in [7, 11) is 0. The zero-order valence-electron chi connectivity index (χ0n) is 16.5. The highest BCUT2D eigenvalue weighted by molar-refractivity contribution is 7.21. The van der Waals surface area contributed by atoms with E-state index in [4.69, 9.17) is 10.5 Å². The minimum absolute atomic E-state index is 0.297. The fourth-order valence-corrected chi connectivity index (χ4v) is 5.98. The molecule has 4 rings (SSSR count). The third-order valence-electron chi connectivity index (χ3n) is 5.07. The molecule has 0 saturated carbocycles. The molecule has 0 aliphatic heterocycles. The number of fused-ring (bicyclic) bond motifs is 2. The van der Waals surface area contributed by atoms with E-state index >= 15 is 0 Å². The fraction of sp³-hybridized carbons (Fsp3) is 0.381. The molecule has 0 spiro atoms. The molecule has 0 radical (unpaired) electrons. The summed E-state index contributed by atoms with van der Waals surface area (Å²) in [5.41, 5.74) is 9.06. The molecule has 0 atom stereocenters. The average molecular weight is 430 g/mol. The summed E-state index contributed by atoms with van der Waals surface area (Å²) in [5, 5.41) is 4.27. The fourth-order valence-electron chi connectivity index (χ4n) is 3.67. The number of aryl methyl sites for hydroxylation is 2. The predicted octanol–water partition coefficient (Wildman–Crippen LogP) is 4.95. The summed E-state index contributed by atoms with van der Waals surface area (Å²) in [6, 6.07) is 3.76. The zero-order chi connectivity index (χ0) is 20.5. The lowest BCUT2D eigenvalue weighted by Crippen LogP contribution is -2.15. The number of nitrogens with zero attached hydrogens (tertiary/aromatic N) is 1. The number of hydrogen-bond acceptors (Lipinski definition) is 7. The van der Waals surface area contributed by atoms with E-state index in [9.17, 15) is 9.59 Å². The largest absolute Gasteiger partial charge is 0.462 e. The van der Waals surface area contributed by atoms with Crippen molar-refractivity contribution in [3.8, 4) is 0 Å². The van der Waals surface area contributed by atoms with E-state index in [1.54, 1.807) is 6.92 Å². The topological polar surface area (TPSA) is 94.3 Å². The van der Waals surface area contributed by atoms with Crippen LogP contribution < -0.4 is 11.1 Å². The smallest absolute Gasteiger partial charge is 0.341 e. The van der Waals surface area contributed by atoms with E-state index in [1.807, 2.05) is 19.1 Å². The standard InChI is InChI=1S/C21H23N3O3S2/c1-3-27-21(26)15-12-7-5-4-6-8-14(12)28-20(15)24-18(25)17-16(22)13-10-9-11(2)23-19(13)29-17/h9-10H,3-8,22H2,1-2H3,(H,24,25). The number of carbonyl (C=O) groups excluding carboxylic acids is 2. The lowest BCUT2D eigenvalue weighted by atomic mass is 10.1. The number of aromatic nitrogens is 1. The molecule has 6 nitrogen and oxygen atoms in total. The Morgan fingerprint density at radius 2 is 2.00 bits per heavy atom. The first-order valence-electron chi connectivity index (χ1n) is 9.78. The summed E-state index contributed by atoms with van der Waals surface area (Å²) in [4.78, 5) is 32.5. The van der Waals surface area contributed by atoms with Crippen molar-refractivity contribution < 1.29 is 14.3 Å². The molecule has 1 amide bonds. The number of carbonyl (C=O) groups is 2. The zero-order valence-corrected chi connectivity index (χ0v) is 18.1. The molecular formula is C21H23N3O3S2. The van der Waals surface area contributed by atoms with Crippen molar-refractivity contribution in [3.05, 3.63) is 38.7 Å². The summed E-state index contributed by atoms with van der Waals surface area (Å²) in [5.74, 6) is -0.686. The van der Waals surface area contributed by atoms with Gasteiger partial charge in [0.25, 0.3) is 5.91 Å². The van der Waals surface area contributed by atoms with Gasteiger partial charge in [-0.3, -0.25) is 4.79 Å². The van der Waals surface area contributed by atoms with Crippen LogP contribution in [-0.4, -0.2) is 23.5 Å². The number of nitrogens with two attached hydrogens (primary N) is 1. The van der Waals surface area contributed by atoms with E-state index in [1.165, 1.54) is 27.6 Å². The van der Waals surface area contributed by atoms with Gasteiger partial charge >= 0.3 is 5.97 Å². The Balaban J connectivity index is 1.71. The van der Waals surface area contributed by atoms with Crippen molar-refractivity contribution in [1.29, 1.82) is 0 Å². The highest BCUT2D eigenvalue weighted by atomic mass is 32.1. The molecule has 0 unspecified atom stereocenters. The monoisotopic (exact) mass is 429 g/mol. The molecule has 0 fully saturated rings. The minimum atomic E-state index is -0.371. The third kappa shape index (κ3) is 3.74. The van der Waals surface area contributed by atoms with E-state index < -0.39 is 0 Å². The second-order valence-electron chi connectivity index (χ2n) is 7.09. The van der Waals surface area contributed by atoms with Crippen LogP contribution in [0.15, 0.2) is 12.1 Å². The van der Waals surface area contributed by atoms with Crippen LogP contribution in [-0.2, 0) is 17.6 Å². The molecule has 3 aromatic heterocycles. The van der Waals surface area contributed by atoms with Crippen LogP contribution in [0.4, 0.5) is 10.7 Å². The van der Waals surface area contributed by atoms with Gasteiger partial charge in [-0.2, -0.15) is 0 Å². The highest BCUT2D eigenvalue weighted by Gasteiger charge is 2.28.